The number of H-pyrrole nitrogens is 1. The fourth-order valence-electron chi connectivity index (χ4n) is 7.62. The van der Waals surface area contributed by atoms with Gasteiger partial charge in [0.25, 0.3) is 5.91 Å². The molecular formula is C30H26ClN3O7S2. The van der Waals surface area contributed by atoms with Gasteiger partial charge in [-0.2, -0.15) is 0 Å². The van der Waals surface area contributed by atoms with E-state index in [9.17, 15) is 29.1 Å². The molecule has 1 saturated heterocycles. The number of hydrogen-bond acceptors (Lipinski definition) is 8. The molecule has 13 heteroatoms. The van der Waals surface area contributed by atoms with Gasteiger partial charge in [-0.05, 0) is 61.4 Å². The van der Waals surface area contributed by atoms with E-state index in [-0.39, 0.29) is 46.3 Å². The molecule has 8 atom stereocenters. The Bertz CT molecular complexity index is 1720. The third kappa shape index (κ3) is 4.49. The van der Waals surface area contributed by atoms with E-state index in [2.05, 4.69) is 10.3 Å². The summed E-state index contributed by atoms with van der Waals surface area (Å²) in [7, 11) is 0. The summed E-state index contributed by atoms with van der Waals surface area (Å²) in [5.74, 6) is -3.80. The van der Waals surface area contributed by atoms with E-state index in [1.54, 1.807) is 42.1 Å². The number of rotatable bonds is 7. The fraction of sp³-hybridized carbons (Fsp3) is 0.367. The lowest BCUT2D eigenvalue weighted by atomic mass is 9.68. The van der Waals surface area contributed by atoms with Gasteiger partial charge in [-0.15, -0.1) is 11.8 Å². The number of imide groups is 1. The third-order valence-electron chi connectivity index (χ3n) is 9.24. The van der Waals surface area contributed by atoms with Crippen LogP contribution in [-0.2, 0) is 19.2 Å². The summed E-state index contributed by atoms with van der Waals surface area (Å²) in [5, 5.41) is 13.6. The zero-order valence-corrected chi connectivity index (χ0v) is 25.1. The monoisotopic (exact) mass is 639 g/mol. The number of carbonyl (C=O) groups is 4. The number of likely N-dealkylation sites (tertiary alicyclic amines) is 1. The number of thioether (sulfide) groups is 1. The summed E-state index contributed by atoms with van der Waals surface area (Å²) >= 11 is 8.61. The molecule has 0 radical (unpaired) electrons. The van der Waals surface area contributed by atoms with Crippen LogP contribution in [0.15, 0.2) is 58.4 Å². The Morgan fingerprint density at radius 1 is 1.09 bits per heavy atom. The van der Waals surface area contributed by atoms with Crippen LogP contribution in [0.5, 0.6) is 5.75 Å². The fourth-order valence-corrected chi connectivity index (χ4v) is 10.6. The van der Waals surface area contributed by atoms with Gasteiger partial charge >= 0.3 is 10.8 Å². The van der Waals surface area contributed by atoms with E-state index in [0.29, 0.717) is 22.9 Å². The van der Waals surface area contributed by atoms with Crippen molar-refractivity contribution < 1.29 is 29.0 Å². The Morgan fingerprint density at radius 2 is 1.79 bits per heavy atom. The first-order chi connectivity index (χ1) is 20.6. The normalized spacial score (nSPS) is 29.2. The highest BCUT2D eigenvalue weighted by Gasteiger charge is 2.70. The molecule has 7 unspecified atom stereocenters. The highest BCUT2D eigenvalue weighted by molar-refractivity contribution is 8.00. The molecule has 2 aromatic carbocycles. The summed E-state index contributed by atoms with van der Waals surface area (Å²) < 4.78 is 6.08. The van der Waals surface area contributed by atoms with Crippen molar-refractivity contribution >= 4 is 64.1 Å². The maximum atomic E-state index is 13.6. The van der Waals surface area contributed by atoms with Gasteiger partial charge in [0.2, 0.25) is 11.8 Å². The molecule has 3 fully saturated rings. The standard InChI is InChI=1S/C30H26ClN3O7S2/c1-12(29(38)39)34-27(36)22-16-10-17(23(22)28(34)37)24-21(16)20(25-26(42-24)33-30(40)43-25)15-4-2-3-5-18(15)41-11-19(35)32-14-8-6-13(31)7-9-14/h2-9,12,16-17,20-24H,10-11H2,1H3,(H,32,35)(H,33,40)(H,38,39)/t12?,16?,17?,20-,21?,22?,23?,24?/m1/s1. The molecule has 0 spiro atoms. The Kier molecular flexibility index (Phi) is 6.90. The molecule has 7 rings (SSSR count). The number of para-hydroxylation sites is 1. The Hall–Kier alpha value is -3.61. The van der Waals surface area contributed by atoms with Crippen molar-refractivity contribution in [2.45, 2.75) is 35.6 Å². The minimum absolute atomic E-state index is 0.0629. The number of hydrogen-bond donors (Lipinski definition) is 3. The second kappa shape index (κ2) is 10.5. The highest BCUT2D eigenvalue weighted by Crippen LogP contribution is 2.69. The zero-order chi connectivity index (χ0) is 30.2. The molecule has 222 valence electrons. The molecule has 3 heterocycles. The molecule has 10 nitrogen and oxygen atoms in total. The molecular weight excluding hydrogens is 614 g/mol. The van der Waals surface area contributed by atoms with Gasteiger partial charge in [-0.1, -0.05) is 41.1 Å². The Labute approximate surface area is 258 Å². The van der Waals surface area contributed by atoms with Crippen molar-refractivity contribution in [2.75, 3.05) is 11.9 Å². The van der Waals surface area contributed by atoms with Crippen LogP contribution in [0.2, 0.25) is 5.02 Å². The van der Waals surface area contributed by atoms with E-state index in [4.69, 9.17) is 16.3 Å². The summed E-state index contributed by atoms with van der Waals surface area (Å²) in [6.45, 7) is 1.11. The highest BCUT2D eigenvalue weighted by atomic mass is 35.5. The van der Waals surface area contributed by atoms with Crippen molar-refractivity contribution in [3.05, 3.63) is 73.7 Å². The Morgan fingerprint density at radius 3 is 2.51 bits per heavy atom. The van der Waals surface area contributed by atoms with Crippen LogP contribution in [0, 0.1) is 29.6 Å². The molecule has 3 N–H and O–H groups in total. The number of aromatic amines is 1. The molecule has 2 aliphatic carbocycles. The predicted molar refractivity (Wildman–Crippen MR) is 159 cm³/mol. The lowest BCUT2D eigenvalue weighted by molar-refractivity contribution is -0.154. The number of fused-ring (bicyclic) bond motifs is 9. The number of aromatic nitrogens is 1. The largest absolute Gasteiger partial charge is 0.483 e. The molecule has 3 aromatic rings. The number of thiazole rings is 1. The average Bonchev–Trinajstić information content (AvgIpc) is 3.71. The van der Waals surface area contributed by atoms with E-state index < -0.39 is 35.7 Å². The van der Waals surface area contributed by atoms with Gasteiger partial charge < -0.3 is 20.1 Å². The number of nitrogens with zero attached hydrogens (tertiary/aromatic N) is 1. The molecule has 2 bridgehead atoms. The summed E-state index contributed by atoms with van der Waals surface area (Å²) in [6.07, 6.45) is 0.673. The van der Waals surface area contributed by atoms with Crippen molar-refractivity contribution in [3.8, 4) is 5.75 Å². The van der Waals surface area contributed by atoms with Gasteiger partial charge in [0.1, 0.15) is 11.8 Å². The maximum absolute atomic E-state index is 13.6. The van der Waals surface area contributed by atoms with E-state index in [1.165, 1.54) is 6.92 Å². The second-order valence-electron chi connectivity index (χ2n) is 11.4. The van der Waals surface area contributed by atoms with Crippen LogP contribution in [0.1, 0.15) is 29.7 Å². The first-order valence-corrected chi connectivity index (χ1v) is 16.0. The van der Waals surface area contributed by atoms with Gasteiger partial charge in [0.05, 0.1) is 16.9 Å². The molecule has 2 saturated carbocycles. The van der Waals surface area contributed by atoms with Crippen LogP contribution < -0.4 is 14.9 Å². The molecule has 4 aliphatic rings. The number of aliphatic carboxylic acids is 1. The van der Waals surface area contributed by atoms with Crippen molar-refractivity contribution in [1.82, 2.24) is 9.88 Å². The molecule has 2 aliphatic heterocycles. The van der Waals surface area contributed by atoms with E-state index >= 15 is 0 Å². The number of amides is 3. The second-order valence-corrected chi connectivity index (χ2v) is 14.0. The lowest BCUT2D eigenvalue weighted by Crippen LogP contribution is -2.44. The van der Waals surface area contributed by atoms with Crippen molar-refractivity contribution in [2.24, 2.45) is 29.6 Å². The van der Waals surface area contributed by atoms with Gasteiger partial charge in [-0.25, -0.2) is 4.79 Å². The topological polar surface area (TPSA) is 146 Å². The first-order valence-electron chi connectivity index (χ1n) is 13.9. The summed E-state index contributed by atoms with van der Waals surface area (Å²) in [4.78, 5) is 68.7. The zero-order valence-electron chi connectivity index (χ0n) is 22.7. The molecule has 43 heavy (non-hydrogen) atoms. The molecule has 1 aromatic heterocycles. The van der Waals surface area contributed by atoms with E-state index in [1.807, 2.05) is 18.2 Å². The lowest BCUT2D eigenvalue weighted by Gasteiger charge is -2.43. The van der Waals surface area contributed by atoms with Crippen LogP contribution in [0.25, 0.3) is 0 Å². The predicted octanol–water partition coefficient (Wildman–Crippen LogP) is 4.05. The van der Waals surface area contributed by atoms with Crippen LogP contribution >= 0.6 is 34.7 Å². The van der Waals surface area contributed by atoms with Crippen LogP contribution in [0.4, 0.5) is 5.69 Å². The Balaban J connectivity index is 1.21. The maximum Gasteiger partial charge on any atom is 0.326 e. The number of benzene rings is 2. The number of carboxylic acids is 1. The molecule has 3 amide bonds. The first kappa shape index (κ1) is 28.2. The van der Waals surface area contributed by atoms with Crippen LogP contribution in [0.3, 0.4) is 0 Å². The number of nitrogens with one attached hydrogen (secondary N) is 2. The number of ether oxygens (including phenoxy) is 1. The average molecular weight is 640 g/mol. The van der Waals surface area contributed by atoms with Crippen molar-refractivity contribution in [1.29, 1.82) is 0 Å². The minimum Gasteiger partial charge on any atom is -0.483 e. The third-order valence-corrected chi connectivity index (χ3v) is 12.1. The number of carbonyl (C=O) groups excluding carboxylic acids is 3. The quantitative estimate of drug-likeness (QED) is 0.328. The van der Waals surface area contributed by atoms with Crippen molar-refractivity contribution in [3.63, 3.8) is 0 Å². The van der Waals surface area contributed by atoms with Crippen LogP contribution in [-0.4, -0.2) is 56.6 Å². The van der Waals surface area contributed by atoms with E-state index in [0.717, 1.165) is 31.7 Å². The van der Waals surface area contributed by atoms with Gasteiger partial charge in [-0.3, -0.25) is 24.1 Å². The smallest absolute Gasteiger partial charge is 0.326 e. The number of anilines is 1. The minimum atomic E-state index is -1.23. The summed E-state index contributed by atoms with van der Waals surface area (Å²) in [5.41, 5.74) is 1.38. The SMILES string of the molecule is CC(C(=O)O)N1C(=O)C2C3CC(C2C1=O)C1C3Sc2[nH]c(=O)sc2[C@@H]1c1ccccc1OCC(=O)Nc1ccc(Cl)cc1. The number of carboxylic acid groups (broad SMARTS) is 1. The number of halogens is 1. The van der Waals surface area contributed by atoms with Gasteiger partial charge in [0, 0.05) is 32.3 Å². The van der Waals surface area contributed by atoms with Gasteiger partial charge in [0.15, 0.2) is 6.61 Å². The summed E-state index contributed by atoms with van der Waals surface area (Å²) in [6, 6.07) is 12.9.